The molecule has 3 N–H and O–H groups in total. The van der Waals surface area contributed by atoms with Gasteiger partial charge in [0, 0.05) is 13.1 Å². The molecule has 5 heteroatoms. The number of carbonyl (C=O) groups is 1. The second kappa shape index (κ2) is 6.50. The first-order valence-electron chi connectivity index (χ1n) is 5.93. The van der Waals surface area contributed by atoms with Crippen molar-refractivity contribution in [3.05, 3.63) is 23.8 Å². The van der Waals surface area contributed by atoms with Crippen LogP contribution in [0.4, 0.5) is 11.4 Å². The van der Waals surface area contributed by atoms with E-state index in [1.165, 1.54) is 0 Å². The van der Waals surface area contributed by atoms with Gasteiger partial charge in [-0.1, -0.05) is 0 Å². The molecule has 1 aromatic carbocycles. The van der Waals surface area contributed by atoms with Gasteiger partial charge < -0.3 is 16.0 Å². The minimum absolute atomic E-state index is 0.0155. The number of nitrogens with zero attached hydrogens (tertiary/aromatic N) is 2. The molecule has 0 bridgehead atoms. The van der Waals surface area contributed by atoms with Crippen LogP contribution in [0.3, 0.4) is 0 Å². The van der Waals surface area contributed by atoms with E-state index in [-0.39, 0.29) is 12.5 Å². The Morgan fingerprint density at radius 1 is 1.44 bits per heavy atom. The van der Waals surface area contributed by atoms with Crippen LogP contribution in [0, 0.1) is 11.3 Å². The molecule has 0 atom stereocenters. The van der Waals surface area contributed by atoms with E-state index in [1.54, 1.807) is 23.1 Å². The Labute approximate surface area is 107 Å². The minimum atomic E-state index is 0.0155. The Hall–Kier alpha value is -2.22. The van der Waals surface area contributed by atoms with Crippen molar-refractivity contribution >= 4 is 17.3 Å². The monoisotopic (exact) mass is 246 g/mol. The van der Waals surface area contributed by atoms with Gasteiger partial charge in [0.25, 0.3) is 0 Å². The largest absolute Gasteiger partial charge is 0.397 e. The predicted octanol–water partition coefficient (Wildman–Crippen LogP) is 1.42. The van der Waals surface area contributed by atoms with Gasteiger partial charge in [-0.25, -0.2) is 0 Å². The Morgan fingerprint density at radius 3 is 2.67 bits per heavy atom. The number of hydrogen-bond donors (Lipinski definition) is 2. The first-order chi connectivity index (χ1) is 8.62. The summed E-state index contributed by atoms with van der Waals surface area (Å²) in [6.07, 6.45) is 0. The topological polar surface area (TPSA) is 82.2 Å². The van der Waals surface area contributed by atoms with E-state index >= 15 is 0 Å². The lowest BCUT2D eigenvalue weighted by molar-refractivity contribution is -0.128. The average Bonchev–Trinajstić information content (AvgIpc) is 2.39. The van der Waals surface area contributed by atoms with Crippen molar-refractivity contribution in [2.75, 3.05) is 30.7 Å². The molecule has 0 saturated carbocycles. The summed E-state index contributed by atoms with van der Waals surface area (Å²) in [5.74, 6) is 0.0155. The van der Waals surface area contributed by atoms with Gasteiger partial charge in [-0.05, 0) is 32.0 Å². The van der Waals surface area contributed by atoms with Gasteiger partial charge in [-0.15, -0.1) is 0 Å². The van der Waals surface area contributed by atoms with Gasteiger partial charge in [0.15, 0.2) is 0 Å². The van der Waals surface area contributed by atoms with Gasteiger partial charge in [0.1, 0.15) is 0 Å². The zero-order valence-corrected chi connectivity index (χ0v) is 10.7. The van der Waals surface area contributed by atoms with Crippen LogP contribution in [0.5, 0.6) is 0 Å². The van der Waals surface area contributed by atoms with Crippen LogP contribution >= 0.6 is 0 Å². The van der Waals surface area contributed by atoms with E-state index in [9.17, 15) is 4.79 Å². The Kier molecular flexibility index (Phi) is 5.00. The molecule has 0 radical (unpaired) electrons. The fourth-order valence-corrected chi connectivity index (χ4v) is 1.64. The van der Waals surface area contributed by atoms with Crippen molar-refractivity contribution in [3.63, 3.8) is 0 Å². The van der Waals surface area contributed by atoms with Crippen LogP contribution in [-0.2, 0) is 4.79 Å². The van der Waals surface area contributed by atoms with Gasteiger partial charge in [0.05, 0.1) is 29.6 Å². The summed E-state index contributed by atoms with van der Waals surface area (Å²) in [6.45, 7) is 5.42. The maximum absolute atomic E-state index is 11.8. The number of hydrogen-bond acceptors (Lipinski definition) is 4. The molecule has 5 nitrogen and oxygen atoms in total. The van der Waals surface area contributed by atoms with Crippen LogP contribution in [0.1, 0.15) is 19.4 Å². The van der Waals surface area contributed by atoms with E-state index in [4.69, 9.17) is 11.0 Å². The zero-order valence-electron chi connectivity index (χ0n) is 10.7. The van der Waals surface area contributed by atoms with Crippen molar-refractivity contribution < 1.29 is 4.79 Å². The van der Waals surface area contributed by atoms with Crippen LogP contribution in [0.25, 0.3) is 0 Å². The normalized spacial score (nSPS) is 9.61. The maximum Gasteiger partial charge on any atom is 0.241 e. The molecule has 0 saturated heterocycles. The molecule has 0 heterocycles. The number of benzene rings is 1. The number of nitrogens with two attached hydrogens (primary N) is 1. The molecule has 0 fully saturated rings. The maximum atomic E-state index is 11.8. The Morgan fingerprint density at radius 2 is 2.11 bits per heavy atom. The third-order valence-corrected chi connectivity index (χ3v) is 2.73. The predicted molar refractivity (Wildman–Crippen MR) is 72.0 cm³/mol. The SMILES string of the molecule is CCN(CC)C(=O)CNc1cc(C#N)ccc1N. The van der Waals surface area contributed by atoms with Crippen molar-refractivity contribution in [1.29, 1.82) is 5.26 Å². The Balaban J connectivity index is 2.69. The van der Waals surface area contributed by atoms with Gasteiger partial charge in [-0.2, -0.15) is 5.26 Å². The number of amides is 1. The minimum Gasteiger partial charge on any atom is -0.397 e. The second-order valence-corrected chi connectivity index (χ2v) is 3.83. The molecule has 96 valence electrons. The highest BCUT2D eigenvalue weighted by Crippen LogP contribution is 2.19. The Bertz CT molecular complexity index is 461. The molecule has 0 aliphatic rings. The smallest absolute Gasteiger partial charge is 0.241 e. The highest BCUT2D eigenvalue weighted by molar-refractivity contribution is 5.82. The molecule has 0 unspecified atom stereocenters. The molecule has 0 aliphatic heterocycles. The van der Waals surface area contributed by atoms with Crippen LogP contribution in [0.15, 0.2) is 18.2 Å². The molecule has 0 aromatic heterocycles. The fourth-order valence-electron chi connectivity index (χ4n) is 1.64. The standard InChI is InChI=1S/C13H18N4O/c1-3-17(4-2)13(18)9-16-12-7-10(8-14)5-6-11(12)15/h5-7,16H,3-4,9,15H2,1-2H3. The van der Waals surface area contributed by atoms with Crippen LogP contribution in [-0.4, -0.2) is 30.4 Å². The van der Waals surface area contributed by atoms with Crippen molar-refractivity contribution in [1.82, 2.24) is 4.90 Å². The first kappa shape index (κ1) is 13.8. The average molecular weight is 246 g/mol. The highest BCUT2D eigenvalue weighted by atomic mass is 16.2. The van der Waals surface area contributed by atoms with Crippen LogP contribution < -0.4 is 11.1 Å². The second-order valence-electron chi connectivity index (χ2n) is 3.83. The number of nitrogen functional groups attached to an aromatic ring is 1. The third-order valence-electron chi connectivity index (χ3n) is 2.73. The van der Waals surface area contributed by atoms with Gasteiger partial charge >= 0.3 is 0 Å². The summed E-state index contributed by atoms with van der Waals surface area (Å²) in [4.78, 5) is 13.5. The summed E-state index contributed by atoms with van der Waals surface area (Å²) < 4.78 is 0. The lowest BCUT2D eigenvalue weighted by atomic mass is 10.2. The first-order valence-corrected chi connectivity index (χ1v) is 5.93. The van der Waals surface area contributed by atoms with Gasteiger partial charge in [-0.3, -0.25) is 4.79 Å². The van der Waals surface area contributed by atoms with Crippen molar-refractivity contribution in [3.8, 4) is 6.07 Å². The van der Waals surface area contributed by atoms with E-state index in [1.807, 2.05) is 19.9 Å². The van der Waals surface area contributed by atoms with Crippen molar-refractivity contribution in [2.24, 2.45) is 0 Å². The number of nitrogens with one attached hydrogen (secondary N) is 1. The summed E-state index contributed by atoms with van der Waals surface area (Å²) in [5.41, 5.74) is 7.44. The van der Waals surface area contributed by atoms with E-state index in [0.29, 0.717) is 30.0 Å². The highest BCUT2D eigenvalue weighted by Gasteiger charge is 2.09. The number of likely N-dealkylation sites (N-methyl/N-ethyl adjacent to an activating group) is 1. The zero-order chi connectivity index (χ0) is 13.5. The lowest BCUT2D eigenvalue weighted by Crippen LogP contribution is -2.35. The summed E-state index contributed by atoms with van der Waals surface area (Å²) in [7, 11) is 0. The summed E-state index contributed by atoms with van der Waals surface area (Å²) >= 11 is 0. The lowest BCUT2D eigenvalue weighted by Gasteiger charge is -2.19. The molecule has 0 aliphatic carbocycles. The third kappa shape index (κ3) is 3.39. The molecular formula is C13H18N4O. The molecule has 1 rings (SSSR count). The number of nitriles is 1. The number of carbonyl (C=O) groups excluding carboxylic acids is 1. The van der Waals surface area contributed by atoms with Crippen LogP contribution in [0.2, 0.25) is 0 Å². The fraction of sp³-hybridized carbons (Fsp3) is 0.385. The molecule has 18 heavy (non-hydrogen) atoms. The quantitative estimate of drug-likeness (QED) is 0.770. The molecule has 1 amide bonds. The molecular weight excluding hydrogens is 228 g/mol. The molecule has 0 spiro atoms. The number of rotatable bonds is 5. The van der Waals surface area contributed by atoms with E-state index in [0.717, 1.165) is 0 Å². The van der Waals surface area contributed by atoms with Crippen molar-refractivity contribution in [2.45, 2.75) is 13.8 Å². The van der Waals surface area contributed by atoms with E-state index < -0.39 is 0 Å². The van der Waals surface area contributed by atoms with E-state index in [2.05, 4.69) is 5.32 Å². The molecule has 1 aromatic rings. The number of anilines is 2. The summed E-state index contributed by atoms with van der Waals surface area (Å²) in [5, 5.41) is 11.8. The summed E-state index contributed by atoms with van der Waals surface area (Å²) in [6, 6.07) is 6.98. The van der Waals surface area contributed by atoms with Gasteiger partial charge in [0.2, 0.25) is 5.91 Å².